The van der Waals surface area contributed by atoms with E-state index in [9.17, 15) is 9.18 Å². The molecule has 2 aromatic rings. The maximum atomic E-state index is 13.3. The Balaban J connectivity index is 2.09. The maximum absolute atomic E-state index is 13.3. The van der Waals surface area contributed by atoms with Gasteiger partial charge in [0.05, 0.1) is 12.2 Å². The van der Waals surface area contributed by atoms with Gasteiger partial charge < -0.3 is 15.8 Å². The lowest BCUT2D eigenvalue weighted by molar-refractivity contribution is 0.102. The van der Waals surface area contributed by atoms with Crippen molar-refractivity contribution in [1.29, 1.82) is 0 Å². The van der Waals surface area contributed by atoms with Crippen molar-refractivity contribution in [2.75, 3.05) is 17.7 Å². The highest BCUT2D eigenvalue weighted by Gasteiger charge is 2.14. The molecule has 6 heteroatoms. The summed E-state index contributed by atoms with van der Waals surface area (Å²) in [6, 6.07) is 8.33. The number of carbonyl (C=O) groups excluding carboxylic acids is 1. The van der Waals surface area contributed by atoms with Crippen LogP contribution in [0.2, 0.25) is 0 Å². The van der Waals surface area contributed by atoms with Crippen LogP contribution in [0.1, 0.15) is 29.3 Å². The summed E-state index contributed by atoms with van der Waals surface area (Å²) >= 11 is 0. The number of hydrogen-bond acceptors (Lipinski definition) is 4. The molecular weight excluding hydrogens is 309 g/mol. The number of benzene rings is 1. The highest BCUT2D eigenvalue weighted by Crippen LogP contribution is 2.20. The summed E-state index contributed by atoms with van der Waals surface area (Å²) < 4.78 is 18.9. The van der Waals surface area contributed by atoms with Crippen molar-refractivity contribution < 1.29 is 13.9 Å². The van der Waals surface area contributed by atoms with Crippen LogP contribution in [0.25, 0.3) is 0 Å². The number of halogens is 1. The lowest BCUT2D eigenvalue weighted by Crippen LogP contribution is -2.16. The van der Waals surface area contributed by atoms with Gasteiger partial charge in [-0.3, -0.25) is 4.79 Å². The van der Waals surface area contributed by atoms with E-state index in [2.05, 4.69) is 22.1 Å². The first kappa shape index (κ1) is 17.3. The monoisotopic (exact) mass is 327 g/mol. The molecule has 0 saturated heterocycles. The number of aromatic nitrogens is 1. The van der Waals surface area contributed by atoms with Gasteiger partial charge in [0.2, 0.25) is 5.95 Å². The molecule has 2 rings (SSSR count). The smallest absolute Gasteiger partial charge is 0.259 e. The van der Waals surface area contributed by atoms with E-state index >= 15 is 0 Å². The zero-order valence-corrected chi connectivity index (χ0v) is 13.5. The number of ether oxygens (including phenoxy) is 1. The maximum Gasteiger partial charge on any atom is 0.259 e. The van der Waals surface area contributed by atoms with Crippen LogP contribution in [0.4, 0.5) is 15.9 Å². The number of anilines is 2. The molecule has 5 nitrogen and oxygen atoms in total. The Labute approximate surface area is 140 Å². The number of rotatable bonds is 5. The van der Waals surface area contributed by atoms with Gasteiger partial charge in [-0.25, -0.2) is 4.98 Å². The first-order chi connectivity index (χ1) is 11.5. The standard InChI is InChI=1S/C18H18FN3O2/c1-3-4-5-9-24-14-8-6-7-13(11-14)21-18(23)15-10-12(2)16(19)22-17(15)20/h6-8,10-11H,5,9H2,1-2H3,(H2,20,22)(H,21,23). The summed E-state index contributed by atoms with van der Waals surface area (Å²) in [5, 5.41) is 2.70. The van der Waals surface area contributed by atoms with Gasteiger partial charge in [-0.15, -0.1) is 11.8 Å². The molecule has 0 unspecified atom stereocenters. The summed E-state index contributed by atoms with van der Waals surface area (Å²) in [5.74, 6) is 5.02. The molecule has 0 bridgehead atoms. The van der Waals surface area contributed by atoms with E-state index < -0.39 is 11.9 Å². The van der Waals surface area contributed by atoms with Crippen LogP contribution >= 0.6 is 0 Å². The largest absolute Gasteiger partial charge is 0.493 e. The number of nitrogens with one attached hydrogen (secondary N) is 1. The third-order valence-corrected chi connectivity index (χ3v) is 3.19. The second-order valence-electron chi connectivity index (χ2n) is 5.04. The summed E-state index contributed by atoms with van der Waals surface area (Å²) in [6.07, 6.45) is 0.629. The number of pyridine rings is 1. The predicted molar refractivity (Wildman–Crippen MR) is 91.3 cm³/mol. The topological polar surface area (TPSA) is 77.2 Å². The van der Waals surface area contributed by atoms with E-state index in [4.69, 9.17) is 10.5 Å². The quantitative estimate of drug-likeness (QED) is 0.502. The molecule has 0 aliphatic carbocycles. The minimum absolute atomic E-state index is 0.124. The van der Waals surface area contributed by atoms with E-state index in [-0.39, 0.29) is 16.9 Å². The molecule has 0 radical (unpaired) electrons. The lowest BCUT2D eigenvalue weighted by Gasteiger charge is -2.10. The average molecular weight is 327 g/mol. The number of aryl methyl sites for hydroxylation is 1. The van der Waals surface area contributed by atoms with Gasteiger partial charge in [0.15, 0.2) is 0 Å². The molecule has 1 aromatic carbocycles. The molecule has 0 spiro atoms. The number of amides is 1. The Hall–Kier alpha value is -3.07. The second kappa shape index (κ2) is 7.97. The number of nitrogen functional groups attached to an aromatic ring is 1. The number of carbonyl (C=O) groups is 1. The van der Waals surface area contributed by atoms with Crippen molar-refractivity contribution in [3.05, 3.63) is 47.4 Å². The third-order valence-electron chi connectivity index (χ3n) is 3.19. The van der Waals surface area contributed by atoms with E-state index in [0.29, 0.717) is 24.5 Å². The van der Waals surface area contributed by atoms with Crippen molar-refractivity contribution in [2.24, 2.45) is 0 Å². The van der Waals surface area contributed by atoms with Crippen LogP contribution < -0.4 is 15.8 Å². The van der Waals surface area contributed by atoms with Gasteiger partial charge in [-0.05, 0) is 32.0 Å². The molecule has 0 atom stereocenters. The number of hydrogen-bond donors (Lipinski definition) is 2. The SMILES string of the molecule is CC#CCCOc1cccc(NC(=O)c2cc(C)c(F)nc2N)c1. The van der Waals surface area contributed by atoms with Crippen LogP contribution in [0.5, 0.6) is 5.75 Å². The van der Waals surface area contributed by atoms with Crippen molar-refractivity contribution in [1.82, 2.24) is 4.98 Å². The normalized spacial score (nSPS) is 9.79. The number of nitrogens with two attached hydrogens (primary N) is 1. The van der Waals surface area contributed by atoms with Crippen molar-refractivity contribution in [2.45, 2.75) is 20.3 Å². The van der Waals surface area contributed by atoms with E-state index in [1.54, 1.807) is 31.2 Å². The van der Waals surface area contributed by atoms with Crippen molar-refractivity contribution in [3.8, 4) is 17.6 Å². The highest BCUT2D eigenvalue weighted by molar-refractivity contribution is 6.07. The minimum Gasteiger partial charge on any atom is -0.493 e. The molecule has 24 heavy (non-hydrogen) atoms. The first-order valence-electron chi connectivity index (χ1n) is 7.37. The highest BCUT2D eigenvalue weighted by atomic mass is 19.1. The molecule has 0 saturated carbocycles. The fourth-order valence-electron chi connectivity index (χ4n) is 1.99. The summed E-state index contributed by atoms with van der Waals surface area (Å²) in [4.78, 5) is 15.8. The Morgan fingerprint density at radius 1 is 1.42 bits per heavy atom. The van der Waals surface area contributed by atoms with Crippen LogP contribution in [-0.4, -0.2) is 17.5 Å². The fourth-order valence-corrected chi connectivity index (χ4v) is 1.99. The summed E-state index contributed by atoms with van der Waals surface area (Å²) in [7, 11) is 0. The third kappa shape index (κ3) is 4.46. The van der Waals surface area contributed by atoms with E-state index in [0.717, 1.165) is 0 Å². The molecule has 0 fully saturated rings. The van der Waals surface area contributed by atoms with Gasteiger partial charge in [0.25, 0.3) is 5.91 Å². The lowest BCUT2D eigenvalue weighted by atomic mass is 10.1. The Kier molecular flexibility index (Phi) is 5.74. The van der Waals surface area contributed by atoms with Crippen LogP contribution in [0.3, 0.4) is 0 Å². The summed E-state index contributed by atoms with van der Waals surface area (Å²) in [5.41, 5.74) is 6.54. The van der Waals surface area contributed by atoms with Crippen molar-refractivity contribution in [3.63, 3.8) is 0 Å². The van der Waals surface area contributed by atoms with E-state index in [1.807, 2.05) is 0 Å². The average Bonchev–Trinajstić information content (AvgIpc) is 2.55. The summed E-state index contributed by atoms with van der Waals surface area (Å²) in [6.45, 7) is 3.76. The number of nitrogens with zero attached hydrogens (tertiary/aromatic N) is 1. The van der Waals surface area contributed by atoms with Gasteiger partial charge in [-0.2, -0.15) is 4.39 Å². The first-order valence-corrected chi connectivity index (χ1v) is 7.37. The zero-order valence-electron chi connectivity index (χ0n) is 13.5. The van der Waals surface area contributed by atoms with Gasteiger partial charge >= 0.3 is 0 Å². The molecule has 124 valence electrons. The van der Waals surface area contributed by atoms with Crippen LogP contribution in [0, 0.1) is 24.7 Å². The molecule has 1 aromatic heterocycles. The zero-order chi connectivity index (χ0) is 17.5. The Morgan fingerprint density at radius 2 is 2.21 bits per heavy atom. The fraction of sp³-hybridized carbons (Fsp3) is 0.222. The Bertz CT molecular complexity index is 810. The van der Waals surface area contributed by atoms with E-state index in [1.165, 1.54) is 13.0 Å². The van der Waals surface area contributed by atoms with Gasteiger partial charge in [0.1, 0.15) is 11.6 Å². The molecule has 0 aliphatic rings. The molecular formula is C18H18FN3O2. The van der Waals surface area contributed by atoms with Gasteiger partial charge in [-0.1, -0.05) is 6.07 Å². The minimum atomic E-state index is -0.686. The second-order valence-corrected chi connectivity index (χ2v) is 5.04. The Morgan fingerprint density at radius 3 is 2.96 bits per heavy atom. The molecule has 0 aliphatic heterocycles. The predicted octanol–water partition coefficient (Wildman–Crippen LogP) is 3.16. The van der Waals surface area contributed by atoms with Crippen LogP contribution in [0.15, 0.2) is 30.3 Å². The molecule has 1 heterocycles. The van der Waals surface area contributed by atoms with Crippen molar-refractivity contribution >= 4 is 17.4 Å². The van der Waals surface area contributed by atoms with Gasteiger partial charge in [0, 0.05) is 23.7 Å². The van der Waals surface area contributed by atoms with Crippen LogP contribution in [-0.2, 0) is 0 Å². The molecule has 1 amide bonds. The molecule has 3 N–H and O–H groups in total.